The number of carboxylic acid groups (broad SMARTS) is 1. The molecule has 2 heterocycles. The van der Waals surface area contributed by atoms with Gasteiger partial charge in [-0.15, -0.1) is 0 Å². The SMILES string of the molecule is CC[C@@H](c1ccccc1)N1Cc2cc3c(cc2CC1C(=O)O)N(C)C(=O)C(c1ccc(OCc2ccc(Cl)c(Cl)c2)cc1)O3. The lowest BCUT2D eigenvalue weighted by Gasteiger charge is -2.41. The highest BCUT2D eigenvalue weighted by molar-refractivity contribution is 6.42. The lowest BCUT2D eigenvalue weighted by atomic mass is 9.89. The second-order valence-corrected chi connectivity index (χ2v) is 12.0. The van der Waals surface area contributed by atoms with E-state index in [0.29, 0.717) is 52.4 Å². The van der Waals surface area contributed by atoms with Gasteiger partial charge >= 0.3 is 5.97 Å². The first kappa shape index (κ1) is 30.0. The summed E-state index contributed by atoms with van der Waals surface area (Å²) >= 11 is 12.1. The van der Waals surface area contributed by atoms with Gasteiger partial charge in [0.2, 0.25) is 6.10 Å². The van der Waals surface area contributed by atoms with Crippen LogP contribution < -0.4 is 14.4 Å². The van der Waals surface area contributed by atoms with E-state index in [1.54, 1.807) is 24.1 Å². The average Bonchev–Trinajstić information content (AvgIpc) is 3.03. The Kier molecular flexibility index (Phi) is 8.54. The molecule has 0 saturated carbocycles. The van der Waals surface area contributed by atoms with Gasteiger partial charge in [0.05, 0.1) is 15.7 Å². The standard InChI is InChI=1S/C35H32Cl2N2O5/c1-3-29(22-7-5-4-6-8-22)39-19-25-18-32-30(16-24(25)17-31(39)35(41)42)38(2)34(40)33(44-32)23-10-12-26(13-11-23)43-20-21-9-14-27(36)28(37)15-21/h4-16,18,29,31,33H,3,17,19-20H2,1-2H3,(H,41,42)/t29-,31?,33?/m0/s1. The minimum absolute atomic E-state index is 0.0446. The van der Waals surface area contributed by atoms with Crippen LogP contribution in [0.25, 0.3) is 0 Å². The average molecular weight is 632 g/mol. The van der Waals surface area contributed by atoms with Crippen LogP contribution in [0.15, 0.2) is 84.9 Å². The predicted molar refractivity (Wildman–Crippen MR) is 171 cm³/mol. The zero-order chi connectivity index (χ0) is 31.0. The van der Waals surface area contributed by atoms with Gasteiger partial charge in [0.25, 0.3) is 5.91 Å². The highest BCUT2D eigenvalue weighted by Crippen LogP contribution is 2.43. The van der Waals surface area contributed by atoms with Gasteiger partial charge in [0.1, 0.15) is 24.1 Å². The zero-order valence-corrected chi connectivity index (χ0v) is 25.9. The van der Waals surface area contributed by atoms with E-state index in [4.69, 9.17) is 32.7 Å². The smallest absolute Gasteiger partial charge is 0.321 e. The fraction of sp³-hybridized carbons (Fsp3) is 0.257. The van der Waals surface area contributed by atoms with Crippen LogP contribution in [0.5, 0.6) is 11.5 Å². The molecule has 44 heavy (non-hydrogen) atoms. The molecule has 0 aliphatic carbocycles. The van der Waals surface area contributed by atoms with Gasteiger partial charge in [-0.3, -0.25) is 14.5 Å². The highest BCUT2D eigenvalue weighted by atomic mass is 35.5. The minimum atomic E-state index is -0.854. The van der Waals surface area contributed by atoms with Gasteiger partial charge in [-0.1, -0.05) is 78.7 Å². The van der Waals surface area contributed by atoms with E-state index in [-0.39, 0.29) is 11.9 Å². The molecule has 0 bridgehead atoms. The first-order chi connectivity index (χ1) is 21.2. The third kappa shape index (κ3) is 5.87. The third-order valence-electron chi connectivity index (χ3n) is 8.44. The van der Waals surface area contributed by atoms with Crippen LogP contribution in [0.2, 0.25) is 10.0 Å². The maximum absolute atomic E-state index is 13.5. The van der Waals surface area contributed by atoms with Gasteiger partial charge in [-0.05, 0) is 71.5 Å². The summed E-state index contributed by atoms with van der Waals surface area (Å²) < 4.78 is 12.3. The van der Waals surface area contributed by atoms with Crippen molar-refractivity contribution in [3.05, 3.63) is 123 Å². The van der Waals surface area contributed by atoms with E-state index >= 15 is 0 Å². The molecule has 0 fully saturated rings. The van der Waals surface area contributed by atoms with E-state index in [1.165, 1.54) is 0 Å². The molecule has 3 atom stereocenters. The molecule has 1 amide bonds. The molecule has 0 saturated heterocycles. The van der Waals surface area contributed by atoms with E-state index in [2.05, 4.69) is 11.8 Å². The summed E-state index contributed by atoms with van der Waals surface area (Å²) in [6, 6.07) is 25.8. The maximum atomic E-state index is 13.5. The number of fused-ring (bicyclic) bond motifs is 2. The van der Waals surface area contributed by atoms with Gasteiger partial charge < -0.3 is 19.5 Å². The number of hydrogen-bond acceptors (Lipinski definition) is 5. The van der Waals surface area contributed by atoms with Crippen molar-refractivity contribution in [3.8, 4) is 11.5 Å². The van der Waals surface area contributed by atoms with Crippen LogP contribution in [0.3, 0.4) is 0 Å². The molecule has 1 N–H and O–H groups in total. The quantitative estimate of drug-likeness (QED) is 0.216. The molecule has 6 rings (SSSR count). The van der Waals surface area contributed by atoms with Crippen LogP contribution in [0.4, 0.5) is 5.69 Å². The van der Waals surface area contributed by atoms with Crippen LogP contribution in [-0.2, 0) is 29.2 Å². The number of nitrogens with zero attached hydrogens (tertiary/aromatic N) is 2. The molecule has 4 aromatic carbocycles. The Hall–Kier alpha value is -4.04. The van der Waals surface area contributed by atoms with Gasteiger partial charge in [0, 0.05) is 25.2 Å². The van der Waals surface area contributed by atoms with E-state index in [1.807, 2.05) is 72.8 Å². The third-order valence-corrected chi connectivity index (χ3v) is 9.18. The molecular weight excluding hydrogens is 599 g/mol. The summed E-state index contributed by atoms with van der Waals surface area (Å²) in [5, 5.41) is 11.2. The second kappa shape index (κ2) is 12.5. The molecular formula is C35H32Cl2N2O5. The fourth-order valence-corrected chi connectivity index (χ4v) is 6.41. The van der Waals surface area contributed by atoms with Crippen LogP contribution in [-0.4, -0.2) is 35.0 Å². The van der Waals surface area contributed by atoms with Crippen molar-refractivity contribution in [2.24, 2.45) is 0 Å². The number of hydrogen-bond donors (Lipinski definition) is 1. The molecule has 0 radical (unpaired) electrons. The lowest BCUT2D eigenvalue weighted by Crippen LogP contribution is -2.47. The monoisotopic (exact) mass is 630 g/mol. The number of aliphatic carboxylic acids is 1. The van der Waals surface area contributed by atoms with Gasteiger partial charge in [0.15, 0.2) is 0 Å². The molecule has 226 valence electrons. The van der Waals surface area contributed by atoms with E-state index < -0.39 is 18.1 Å². The first-order valence-corrected chi connectivity index (χ1v) is 15.3. The van der Waals surface area contributed by atoms with Gasteiger partial charge in [-0.25, -0.2) is 0 Å². The first-order valence-electron chi connectivity index (χ1n) is 14.5. The van der Waals surface area contributed by atoms with Crippen molar-refractivity contribution in [2.45, 2.75) is 51.1 Å². The molecule has 2 aliphatic rings. The largest absolute Gasteiger partial charge is 0.489 e. The Morgan fingerprint density at radius 1 is 1.00 bits per heavy atom. The molecule has 0 spiro atoms. The normalized spacial score (nSPS) is 18.6. The van der Waals surface area contributed by atoms with Crippen molar-refractivity contribution >= 4 is 40.8 Å². The Morgan fingerprint density at radius 2 is 1.75 bits per heavy atom. The molecule has 2 unspecified atom stereocenters. The Balaban J connectivity index is 1.23. The number of halogens is 2. The van der Waals surface area contributed by atoms with E-state index in [0.717, 1.165) is 28.7 Å². The van der Waals surface area contributed by atoms with Crippen LogP contribution >= 0.6 is 23.2 Å². The summed E-state index contributed by atoms with van der Waals surface area (Å²) in [7, 11) is 1.73. The number of carbonyl (C=O) groups excluding carboxylic acids is 1. The Labute approximate surface area is 266 Å². The van der Waals surface area contributed by atoms with Crippen LogP contribution in [0.1, 0.15) is 53.3 Å². The number of carbonyl (C=O) groups is 2. The van der Waals surface area contributed by atoms with Crippen molar-refractivity contribution in [1.29, 1.82) is 0 Å². The number of rotatable bonds is 8. The summed E-state index contributed by atoms with van der Waals surface area (Å²) in [5.41, 5.74) is 5.24. The molecule has 4 aromatic rings. The van der Waals surface area contributed by atoms with Crippen molar-refractivity contribution in [1.82, 2.24) is 4.90 Å². The number of benzene rings is 4. The molecule has 2 aliphatic heterocycles. The number of likely N-dealkylation sites (N-methyl/N-ethyl adjacent to an activating group) is 1. The summed E-state index contributed by atoms with van der Waals surface area (Å²) in [6.45, 7) is 2.86. The summed E-state index contributed by atoms with van der Waals surface area (Å²) in [5.74, 6) is 0.178. The molecule has 9 heteroatoms. The Morgan fingerprint density at radius 3 is 2.43 bits per heavy atom. The van der Waals surface area contributed by atoms with E-state index in [9.17, 15) is 14.7 Å². The topological polar surface area (TPSA) is 79.3 Å². The predicted octanol–water partition coefficient (Wildman–Crippen LogP) is 7.63. The van der Waals surface area contributed by atoms with Crippen LogP contribution in [0, 0.1) is 0 Å². The number of amides is 1. The summed E-state index contributed by atoms with van der Waals surface area (Å²) in [4.78, 5) is 29.6. The molecule has 0 aromatic heterocycles. The lowest BCUT2D eigenvalue weighted by molar-refractivity contribution is -0.145. The maximum Gasteiger partial charge on any atom is 0.321 e. The number of anilines is 1. The summed E-state index contributed by atoms with van der Waals surface area (Å²) in [6.07, 6.45) is 0.293. The van der Waals surface area contributed by atoms with Crippen molar-refractivity contribution in [3.63, 3.8) is 0 Å². The Bertz CT molecular complexity index is 1700. The van der Waals surface area contributed by atoms with Gasteiger partial charge in [-0.2, -0.15) is 0 Å². The second-order valence-electron chi connectivity index (χ2n) is 11.2. The van der Waals surface area contributed by atoms with Crippen molar-refractivity contribution < 1.29 is 24.2 Å². The highest BCUT2D eigenvalue weighted by Gasteiger charge is 2.39. The minimum Gasteiger partial charge on any atom is -0.489 e. The van der Waals surface area contributed by atoms with Crippen molar-refractivity contribution in [2.75, 3.05) is 11.9 Å². The zero-order valence-electron chi connectivity index (χ0n) is 24.4. The number of carboxylic acids is 1. The fourth-order valence-electron chi connectivity index (χ4n) is 6.09. The number of ether oxygens (including phenoxy) is 2. The molecule has 7 nitrogen and oxygen atoms in total.